The Labute approximate surface area is 235 Å². The number of nitrogens with one attached hydrogen (secondary N) is 1. The summed E-state index contributed by atoms with van der Waals surface area (Å²) in [6.45, 7) is 0.0214. The Morgan fingerprint density at radius 3 is 2.51 bits per heavy atom. The number of phenolic OH excluding ortho intramolecular Hbond substituents is 2. The highest BCUT2D eigenvalue weighted by molar-refractivity contribution is 6.07. The van der Waals surface area contributed by atoms with E-state index in [-0.39, 0.29) is 58.4 Å². The van der Waals surface area contributed by atoms with Crippen molar-refractivity contribution < 1.29 is 29.2 Å². The van der Waals surface area contributed by atoms with Crippen molar-refractivity contribution in [2.24, 2.45) is 0 Å². The maximum Gasteiger partial charge on any atom is 0.204 e. The number of aromatic amines is 1. The van der Waals surface area contributed by atoms with E-state index in [1.807, 2.05) is 12.3 Å². The summed E-state index contributed by atoms with van der Waals surface area (Å²) in [6.07, 6.45) is 3.16. The van der Waals surface area contributed by atoms with Gasteiger partial charge in [-0.25, -0.2) is 0 Å². The van der Waals surface area contributed by atoms with Crippen LogP contribution in [-0.2, 0) is 12.8 Å². The van der Waals surface area contributed by atoms with Crippen molar-refractivity contribution in [1.29, 1.82) is 0 Å². The molecule has 0 unspecified atom stereocenters. The molecule has 2 heterocycles. The number of aliphatic hydroxyl groups excluding tert-OH is 1. The van der Waals surface area contributed by atoms with E-state index in [0.717, 1.165) is 27.2 Å². The number of hydrogen-bond acceptors (Lipinski definition) is 7. The van der Waals surface area contributed by atoms with Crippen LogP contribution in [0.4, 0.5) is 0 Å². The number of aryl methyl sites for hydroxylation is 2. The van der Waals surface area contributed by atoms with Crippen molar-refractivity contribution in [3.63, 3.8) is 0 Å². The van der Waals surface area contributed by atoms with Gasteiger partial charge in [-0.1, -0.05) is 24.3 Å². The molecule has 0 atom stereocenters. The molecule has 41 heavy (non-hydrogen) atoms. The molecule has 6 aromatic rings. The van der Waals surface area contributed by atoms with E-state index < -0.39 is 0 Å². The minimum absolute atomic E-state index is 0.0436. The Kier molecular flexibility index (Phi) is 6.99. The number of aromatic hydroxyl groups is 2. The molecule has 0 radical (unpaired) electrons. The maximum absolute atomic E-state index is 13.6. The lowest BCUT2D eigenvalue weighted by atomic mass is 9.95. The number of aromatic nitrogens is 1. The third kappa shape index (κ3) is 4.72. The normalized spacial score (nSPS) is 11.5. The highest BCUT2D eigenvalue weighted by atomic mass is 16.5. The smallest absolute Gasteiger partial charge is 0.204 e. The van der Waals surface area contributed by atoms with Gasteiger partial charge in [0.15, 0.2) is 16.9 Å². The first-order valence-electron chi connectivity index (χ1n) is 13.4. The summed E-state index contributed by atoms with van der Waals surface area (Å²) < 4.78 is 17.7. The standard InChI is InChI=1S/C33H29NO7/c1-39-33-30(38)25(11-8-19-4-2-5-23-22(19)12-13-26-24(23)14-15-34-26)31-29(32(33)40-17-3-16-35)27(37)18-28(41-31)20-6-9-21(36)10-7-20/h2,4-7,9-10,12-15,18,34-36,38H,3,8,11,16-17H2,1H3. The number of aliphatic hydroxyl groups is 1. The molecule has 0 aliphatic carbocycles. The van der Waals surface area contributed by atoms with Crippen LogP contribution < -0.4 is 14.9 Å². The number of hydrogen-bond donors (Lipinski definition) is 4. The number of ether oxygens (including phenoxy) is 2. The zero-order valence-corrected chi connectivity index (χ0v) is 22.4. The number of fused-ring (bicyclic) bond motifs is 4. The van der Waals surface area contributed by atoms with Crippen LogP contribution in [0.1, 0.15) is 17.5 Å². The molecule has 0 amide bonds. The SMILES string of the molecule is COc1c(O)c(CCc2cccc3c2ccc2[nH]ccc23)c2oc(-c3ccc(O)cc3)cc(=O)c2c1OCCCO. The molecule has 0 fully saturated rings. The van der Waals surface area contributed by atoms with E-state index in [0.29, 0.717) is 30.4 Å². The Hall–Kier alpha value is -4.95. The van der Waals surface area contributed by atoms with E-state index >= 15 is 0 Å². The molecular weight excluding hydrogens is 522 g/mol. The first kappa shape index (κ1) is 26.3. The first-order valence-corrected chi connectivity index (χ1v) is 13.4. The molecule has 6 rings (SSSR count). The molecule has 8 nitrogen and oxygen atoms in total. The number of methoxy groups -OCH3 is 1. The molecule has 0 aliphatic heterocycles. The van der Waals surface area contributed by atoms with Gasteiger partial charge in [-0.2, -0.15) is 0 Å². The van der Waals surface area contributed by atoms with Crippen LogP contribution in [0.3, 0.4) is 0 Å². The van der Waals surface area contributed by atoms with Crippen LogP contribution in [0.15, 0.2) is 82.1 Å². The summed E-state index contributed by atoms with van der Waals surface area (Å²) in [7, 11) is 1.41. The number of rotatable bonds is 9. The Morgan fingerprint density at radius 2 is 1.73 bits per heavy atom. The van der Waals surface area contributed by atoms with E-state index in [9.17, 15) is 20.1 Å². The van der Waals surface area contributed by atoms with Gasteiger partial charge in [0, 0.05) is 47.3 Å². The van der Waals surface area contributed by atoms with Gasteiger partial charge in [0.1, 0.15) is 22.5 Å². The third-order valence-corrected chi connectivity index (χ3v) is 7.39. The van der Waals surface area contributed by atoms with Crippen LogP contribution in [0.2, 0.25) is 0 Å². The van der Waals surface area contributed by atoms with Gasteiger partial charge in [-0.05, 0) is 65.6 Å². The summed E-state index contributed by atoms with van der Waals surface area (Å²) in [4.78, 5) is 16.8. The maximum atomic E-state index is 13.6. The van der Waals surface area contributed by atoms with Gasteiger partial charge in [0.2, 0.25) is 5.75 Å². The molecule has 0 saturated carbocycles. The first-order chi connectivity index (χ1) is 20.0. The van der Waals surface area contributed by atoms with Gasteiger partial charge in [-0.3, -0.25) is 4.79 Å². The fourth-order valence-electron chi connectivity index (χ4n) is 5.40. The number of phenols is 2. The van der Waals surface area contributed by atoms with Crippen molar-refractivity contribution in [3.8, 4) is 34.3 Å². The highest BCUT2D eigenvalue weighted by Gasteiger charge is 2.26. The van der Waals surface area contributed by atoms with E-state index in [4.69, 9.17) is 13.9 Å². The van der Waals surface area contributed by atoms with Crippen LogP contribution in [0.25, 0.3) is 44.0 Å². The monoisotopic (exact) mass is 551 g/mol. The molecule has 2 aromatic heterocycles. The summed E-state index contributed by atoms with van der Waals surface area (Å²) in [5, 5.41) is 34.0. The van der Waals surface area contributed by atoms with Gasteiger partial charge >= 0.3 is 0 Å². The van der Waals surface area contributed by atoms with Crippen molar-refractivity contribution in [2.45, 2.75) is 19.3 Å². The second-order valence-electron chi connectivity index (χ2n) is 9.86. The van der Waals surface area contributed by atoms with Crippen molar-refractivity contribution in [3.05, 3.63) is 94.3 Å². The molecule has 0 aliphatic rings. The largest absolute Gasteiger partial charge is 0.508 e. The summed E-state index contributed by atoms with van der Waals surface area (Å²) >= 11 is 0. The van der Waals surface area contributed by atoms with Gasteiger partial charge in [0.25, 0.3) is 0 Å². The fraction of sp³-hybridized carbons (Fsp3) is 0.182. The molecule has 8 heteroatoms. The number of benzene rings is 4. The van der Waals surface area contributed by atoms with E-state index in [1.54, 1.807) is 12.1 Å². The average molecular weight is 552 g/mol. The fourth-order valence-corrected chi connectivity index (χ4v) is 5.40. The molecule has 4 N–H and O–H groups in total. The lowest BCUT2D eigenvalue weighted by Crippen LogP contribution is -2.10. The lowest BCUT2D eigenvalue weighted by molar-refractivity contribution is 0.228. The quantitative estimate of drug-likeness (QED) is 0.161. The van der Waals surface area contributed by atoms with E-state index in [1.165, 1.54) is 25.3 Å². The van der Waals surface area contributed by atoms with Crippen molar-refractivity contribution >= 4 is 32.6 Å². The van der Waals surface area contributed by atoms with Crippen molar-refractivity contribution in [1.82, 2.24) is 4.98 Å². The molecular formula is C33H29NO7. The topological polar surface area (TPSA) is 125 Å². The Bertz CT molecular complexity index is 1940. The molecule has 0 saturated heterocycles. The molecule has 4 aromatic carbocycles. The second kappa shape index (κ2) is 10.9. The number of H-pyrrole nitrogens is 1. The van der Waals surface area contributed by atoms with Gasteiger partial charge in [0.05, 0.1) is 13.7 Å². The molecule has 0 spiro atoms. The van der Waals surface area contributed by atoms with Gasteiger partial charge in [-0.15, -0.1) is 0 Å². The predicted octanol–water partition coefficient (Wildman–Crippen LogP) is 6.06. The van der Waals surface area contributed by atoms with Crippen LogP contribution in [-0.4, -0.2) is 40.6 Å². The van der Waals surface area contributed by atoms with Crippen LogP contribution in [0, 0.1) is 0 Å². The predicted molar refractivity (Wildman–Crippen MR) is 158 cm³/mol. The highest BCUT2D eigenvalue weighted by Crippen LogP contribution is 2.46. The summed E-state index contributed by atoms with van der Waals surface area (Å²) in [5.41, 5.74) is 2.99. The second-order valence-corrected chi connectivity index (χ2v) is 9.86. The zero-order valence-electron chi connectivity index (χ0n) is 22.4. The van der Waals surface area contributed by atoms with E-state index in [2.05, 4.69) is 35.3 Å². The molecule has 0 bridgehead atoms. The third-order valence-electron chi connectivity index (χ3n) is 7.39. The Morgan fingerprint density at radius 1 is 0.902 bits per heavy atom. The lowest BCUT2D eigenvalue weighted by Gasteiger charge is -2.18. The Balaban J connectivity index is 1.51. The molecule has 208 valence electrons. The van der Waals surface area contributed by atoms with Gasteiger partial charge < -0.3 is 34.2 Å². The van der Waals surface area contributed by atoms with Crippen LogP contribution >= 0.6 is 0 Å². The summed E-state index contributed by atoms with van der Waals surface area (Å²) in [5.74, 6) is 0.324. The minimum Gasteiger partial charge on any atom is -0.508 e. The van der Waals surface area contributed by atoms with Crippen LogP contribution in [0.5, 0.6) is 23.0 Å². The summed E-state index contributed by atoms with van der Waals surface area (Å²) in [6, 6.07) is 20.0. The zero-order chi connectivity index (χ0) is 28.5. The van der Waals surface area contributed by atoms with Crippen molar-refractivity contribution in [2.75, 3.05) is 20.3 Å². The average Bonchev–Trinajstić information content (AvgIpc) is 3.47. The minimum atomic E-state index is -0.368.